The Morgan fingerprint density at radius 2 is 0.833 bits per heavy atom. The summed E-state index contributed by atoms with van der Waals surface area (Å²) in [5, 5.41) is 0. The number of benzene rings is 2. The summed E-state index contributed by atoms with van der Waals surface area (Å²) >= 11 is 0. The molecular weight excluding hydrogens is 484 g/mol. The van der Waals surface area contributed by atoms with E-state index in [1.54, 1.807) is 0 Å². The Hall–Kier alpha value is -1.30. The largest absolute Gasteiger partial charge is 0.748 e. The number of hydrogen-bond acceptors (Lipinski definition) is 3. The summed E-state index contributed by atoms with van der Waals surface area (Å²) in [7, 11) is -3.69. The molecule has 0 unspecified atom stereocenters. The quantitative estimate of drug-likeness (QED) is 0.103. The minimum Gasteiger partial charge on any atom is -0.748 e. The van der Waals surface area contributed by atoms with Gasteiger partial charge in [-0.15, -0.1) is 0 Å². The van der Waals surface area contributed by atoms with E-state index >= 15 is 0 Å². The SMILES string of the molecule is CCCCCCCCCCCCCCCCCC[S+](c1ccccc1)c1ccccc1.CS(=O)(=O)[O-]. The van der Waals surface area contributed by atoms with Gasteiger partial charge in [0.2, 0.25) is 0 Å². The van der Waals surface area contributed by atoms with Crippen molar-refractivity contribution < 1.29 is 13.0 Å². The maximum atomic E-state index is 9.08. The Bertz CT molecular complexity index is 791. The Labute approximate surface area is 225 Å². The molecule has 0 saturated heterocycles. The smallest absolute Gasteiger partial charge is 0.160 e. The van der Waals surface area contributed by atoms with Crippen LogP contribution in [0.3, 0.4) is 0 Å². The van der Waals surface area contributed by atoms with E-state index in [0.717, 1.165) is 0 Å². The highest BCUT2D eigenvalue weighted by Crippen LogP contribution is 2.25. The first-order valence-electron chi connectivity index (χ1n) is 14.1. The molecule has 0 N–H and O–H groups in total. The minimum absolute atomic E-state index is 0.231. The number of unbranched alkanes of at least 4 members (excludes halogenated alkanes) is 15. The van der Waals surface area contributed by atoms with Crippen LogP contribution in [0.25, 0.3) is 0 Å². The van der Waals surface area contributed by atoms with Crippen LogP contribution in [0.1, 0.15) is 110 Å². The zero-order valence-electron chi connectivity index (χ0n) is 22.8. The van der Waals surface area contributed by atoms with Gasteiger partial charge in [-0.3, -0.25) is 0 Å². The highest BCUT2D eigenvalue weighted by atomic mass is 32.2. The number of rotatable bonds is 19. The lowest BCUT2D eigenvalue weighted by Gasteiger charge is -2.08. The molecule has 0 saturated carbocycles. The van der Waals surface area contributed by atoms with E-state index in [2.05, 4.69) is 67.6 Å². The van der Waals surface area contributed by atoms with Crippen molar-refractivity contribution in [3.05, 3.63) is 60.7 Å². The summed E-state index contributed by atoms with van der Waals surface area (Å²) in [5.41, 5.74) is 0. The second-order valence-corrected chi connectivity index (χ2v) is 13.3. The Morgan fingerprint density at radius 3 is 1.14 bits per heavy atom. The molecule has 0 aromatic heterocycles. The van der Waals surface area contributed by atoms with Gasteiger partial charge in [0, 0.05) is 6.26 Å². The molecule has 0 aliphatic rings. The van der Waals surface area contributed by atoms with Crippen LogP contribution >= 0.6 is 0 Å². The van der Waals surface area contributed by atoms with Gasteiger partial charge >= 0.3 is 0 Å². The van der Waals surface area contributed by atoms with Crippen molar-refractivity contribution in [3.8, 4) is 0 Å². The average molecular weight is 535 g/mol. The molecule has 0 aliphatic carbocycles. The van der Waals surface area contributed by atoms with Crippen LogP contribution in [0.5, 0.6) is 0 Å². The predicted octanol–water partition coefficient (Wildman–Crippen LogP) is 9.15. The Morgan fingerprint density at radius 1 is 0.556 bits per heavy atom. The second-order valence-electron chi connectivity index (χ2n) is 9.73. The van der Waals surface area contributed by atoms with Crippen LogP contribution in [0.15, 0.2) is 70.5 Å². The van der Waals surface area contributed by atoms with Gasteiger partial charge in [-0.2, -0.15) is 0 Å². The lowest BCUT2D eigenvalue weighted by atomic mass is 10.0. The summed E-state index contributed by atoms with van der Waals surface area (Å²) in [4.78, 5) is 2.99. The molecule has 0 heterocycles. The van der Waals surface area contributed by atoms with Crippen molar-refractivity contribution in [2.75, 3.05) is 12.0 Å². The van der Waals surface area contributed by atoms with Gasteiger partial charge in [0.05, 0.1) is 21.0 Å². The monoisotopic (exact) mass is 534 g/mol. The van der Waals surface area contributed by atoms with Crippen molar-refractivity contribution in [2.24, 2.45) is 0 Å². The van der Waals surface area contributed by atoms with Crippen LogP contribution in [-0.2, 0) is 21.0 Å². The van der Waals surface area contributed by atoms with Crippen LogP contribution in [0.2, 0.25) is 0 Å². The van der Waals surface area contributed by atoms with E-state index in [9.17, 15) is 0 Å². The van der Waals surface area contributed by atoms with Gasteiger partial charge in [0.1, 0.15) is 5.75 Å². The van der Waals surface area contributed by atoms with E-state index in [0.29, 0.717) is 6.26 Å². The lowest BCUT2D eigenvalue weighted by molar-refractivity contribution is 0.470. The molecule has 0 bridgehead atoms. The summed E-state index contributed by atoms with van der Waals surface area (Å²) < 4.78 is 27.2. The molecule has 3 nitrogen and oxygen atoms in total. The molecule has 36 heavy (non-hydrogen) atoms. The highest BCUT2D eigenvalue weighted by Gasteiger charge is 2.23. The highest BCUT2D eigenvalue weighted by molar-refractivity contribution is 7.97. The zero-order valence-corrected chi connectivity index (χ0v) is 24.5. The van der Waals surface area contributed by atoms with Gasteiger partial charge in [0.25, 0.3) is 0 Å². The molecule has 0 atom stereocenters. The van der Waals surface area contributed by atoms with Crippen molar-refractivity contribution in [3.63, 3.8) is 0 Å². The van der Waals surface area contributed by atoms with Gasteiger partial charge in [-0.05, 0) is 37.1 Å². The van der Waals surface area contributed by atoms with Crippen LogP contribution in [-0.4, -0.2) is 25.0 Å². The second kappa shape index (κ2) is 21.8. The Kier molecular flexibility index (Phi) is 19.8. The minimum atomic E-state index is -3.92. The molecular formula is C31H50O3S2. The molecule has 204 valence electrons. The van der Waals surface area contributed by atoms with E-state index in [1.807, 2.05) is 0 Å². The molecule has 2 aromatic carbocycles. The van der Waals surface area contributed by atoms with Crippen molar-refractivity contribution in [1.82, 2.24) is 0 Å². The van der Waals surface area contributed by atoms with Gasteiger partial charge < -0.3 is 4.55 Å². The fraction of sp³-hybridized carbons (Fsp3) is 0.613. The molecule has 0 amide bonds. The van der Waals surface area contributed by atoms with E-state index in [-0.39, 0.29) is 10.9 Å². The third-order valence-corrected chi connectivity index (χ3v) is 8.64. The van der Waals surface area contributed by atoms with Crippen LogP contribution in [0, 0.1) is 0 Å². The first-order valence-corrected chi connectivity index (χ1v) is 17.3. The molecule has 2 rings (SSSR count). The van der Waals surface area contributed by atoms with Crippen LogP contribution in [0.4, 0.5) is 0 Å². The molecule has 0 radical (unpaired) electrons. The molecule has 0 spiro atoms. The summed E-state index contributed by atoms with van der Waals surface area (Å²) in [6.07, 6.45) is 23.6. The lowest BCUT2D eigenvalue weighted by Crippen LogP contribution is -2.08. The summed E-state index contributed by atoms with van der Waals surface area (Å²) in [6.45, 7) is 2.30. The third-order valence-electron chi connectivity index (χ3n) is 6.26. The number of hydrogen-bond donors (Lipinski definition) is 0. The topological polar surface area (TPSA) is 57.2 Å². The molecule has 2 aromatic rings. The van der Waals surface area contributed by atoms with Gasteiger partial charge in [0.15, 0.2) is 9.79 Å². The van der Waals surface area contributed by atoms with Crippen LogP contribution < -0.4 is 0 Å². The average Bonchev–Trinajstić information content (AvgIpc) is 2.86. The normalized spacial score (nSPS) is 11.3. The van der Waals surface area contributed by atoms with E-state index in [4.69, 9.17) is 13.0 Å². The fourth-order valence-electron chi connectivity index (χ4n) is 4.34. The van der Waals surface area contributed by atoms with Crippen molar-refractivity contribution in [2.45, 2.75) is 119 Å². The van der Waals surface area contributed by atoms with Crippen molar-refractivity contribution >= 4 is 21.0 Å². The zero-order chi connectivity index (χ0) is 26.3. The molecule has 0 fully saturated rings. The maximum Gasteiger partial charge on any atom is 0.160 e. The van der Waals surface area contributed by atoms with Gasteiger partial charge in [-0.1, -0.05) is 133 Å². The summed E-state index contributed by atoms with van der Waals surface area (Å²) in [6, 6.07) is 22.2. The third kappa shape index (κ3) is 19.8. The fourth-order valence-corrected chi connectivity index (χ4v) is 6.54. The van der Waals surface area contributed by atoms with E-state index < -0.39 is 10.1 Å². The van der Waals surface area contributed by atoms with Gasteiger partial charge in [-0.25, -0.2) is 8.42 Å². The Balaban J connectivity index is 0.00000118. The van der Waals surface area contributed by atoms with Crippen molar-refractivity contribution in [1.29, 1.82) is 0 Å². The predicted molar refractivity (Wildman–Crippen MR) is 157 cm³/mol. The first-order chi connectivity index (χ1) is 17.4. The first kappa shape index (κ1) is 32.7. The summed E-state index contributed by atoms with van der Waals surface area (Å²) in [5.74, 6) is 1.30. The molecule has 5 heteroatoms. The standard InChI is InChI=1S/C30H47S.CH4O3S/c1-2-3-4-5-6-7-8-9-10-11-12-13-14-15-16-23-28-31(29-24-19-17-20-25-29)30-26-21-18-22-27-30;1-5(2,3)4/h17-22,24-27H,2-16,23,28H2,1H3;1H3,(H,2,3,4)/q+1;/p-1. The maximum absolute atomic E-state index is 9.08. The van der Waals surface area contributed by atoms with E-state index in [1.165, 1.54) is 118 Å². The molecule has 0 aliphatic heterocycles.